The number of rotatable bonds is 5. The zero-order chi connectivity index (χ0) is 17.8. The molecule has 4 nitrogen and oxygen atoms in total. The Morgan fingerprint density at radius 1 is 1.16 bits per heavy atom. The van der Waals surface area contributed by atoms with Crippen molar-refractivity contribution in [3.63, 3.8) is 0 Å². The van der Waals surface area contributed by atoms with Crippen molar-refractivity contribution in [1.29, 1.82) is 0 Å². The minimum atomic E-state index is 0.000881. The minimum absolute atomic E-state index is 0.000881. The van der Waals surface area contributed by atoms with Gasteiger partial charge in [-0.05, 0) is 41.8 Å². The molecule has 0 aliphatic carbocycles. The molecule has 1 heterocycles. The number of para-hydroxylation sites is 1. The standard InChI is InChI=1S/C21H22O4/c1-14(2)12-24-19-9-8-15(11-20(19)23-3)10-16-13-25-18-7-5-4-6-17(18)21(16)22/h4-11,14H,12-13H2,1-3H3/b16-10-. The van der Waals surface area contributed by atoms with Crippen LogP contribution in [0.2, 0.25) is 0 Å². The van der Waals surface area contributed by atoms with Crippen LogP contribution in [0.5, 0.6) is 17.2 Å². The van der Waals surface area contributed by atoms with Crippen molar-refractivity contribution in [2.75, 3.05) is 20.3 Å². The zero-order valence-corrected chi connectivity index (χ0v) is 14.7. The Morgan fingerprint density at radius 3 is 2.72 bits per heavy atom. The summed E-state index contributed by atoms with van der Waals surface area (Å²) >= 11 is 0. The molecule has 1 aliphatic heterocycles. The monoisotopic (exact) mass is 338 g/mol. The fourth-order valence-electron chi connectivity index (χ4n) is 2.63. The summed E-state index contributed by atoms with van der Waals surface area (Å²) in [7, 11) is 1.61. The summed E-state index contributed by atoms with van der Waals surface area (Å²) in [6, 6.07) is 13.0. The predicted octanol–water partition coefficient (Wildman–Crippen LogP) is 4.39. The lowest BCUT2D eigenvalue weighted by Crippen LogP contribution is -2.18. The fraction of sp³-hybridized carbons (Fsp3) is 0.286. The van der Waals surface area contributed by atoms with Crippen molar-refractivity contribution in [3.05, 3.63) is 59.2 Å². The van der Waals surface area contributed by atoms with E-state index in [1.807, 2.05) is 42.5 Å². The first kappa shape index (κ1) is 17.1. The first-order valence-electron chi connectivity index (χ1n) is 8.36. The molecule has 130 valence electrons. The molecule has 0 spiro atoms. The number of carbonyl (C=O) groups is 1. The highest BCUT2D eigenvalue weighted by molar-refractivity contribution is 6.14. The summed E-state index contributed by atoms with van der Waals surface area (Å²) in [6.07, 6.45) is 1.84. The fourth-order valence-corrected chi connectivity index (χ4v) is 2.63. The second-order valence-corrected chi connectivity index (χ2v) is 6.40. The lowest BCUT2D eigenvalue weighted by Gasteiger charge is -2.18. The van der Waals surface area contributed by atoms with Gasteiger partial charge in [0.15, 0.2) is 17.3 Å². The lowest BCUT2D eigenvalue weighted by atomic mass is 9.98. The van der Waals surface area contributed by atoms with E-state index in [1.54, 1.807) is 13.2 Å². The highest BCUT2D eigenvalue weighted by atomic mass is 16.5. The normalized spacial score (nSPS) is 15.0. The van der Waals surface area contributed by atoms with Crippen LogP contribution in [-0.4, -0.2) is 26.1 Å². The smallest absolute Gasteiger partial charge is 0.196 e. The molecule has 0 aromatic heterocycles. The van der Waals surface area contributed by atoms with Gasteiger partial charge in [0.25, 0.3) is 0 Å². The van der Waals surface area contributed by atoms with Gasteiger partial charge in [-0.2, -0.15) is 0 Å². The van der Waals surface area contributed by atoms with Gasteiger partial charge in [-0.25, -0.2) is 0 Å². The quantitative estimate of drug-likeness (QED) is 0.759. The van der Waals surface area contributed by atoms with Gasteiger partial charge in [-0.3, -0.25) is 4.79 Å². The first-order chi connectivity index (χ1) is 12.1. The molecule has 0 bridgehead atoms. The molecule has 0 amide bonds. The number of benzene rings is 2. The zero-order valence-electron chi connectivity index (χ0n) is 14.7. The molecular formula is C21H22O4. The third-order valence-electron chi connectivity index (χ3n) is 3.91. The molecule has 0 saturated carbocycles. The Kier molecular flexibility index (Phi) is 5.08. The van der Waals surface area contributed by atoms with Crippen molar-refractivity contribution in [2.45, 2.75) is 13.8 Å². The maximum atomic E-state index is 12.6. The molecule has 1 aliphatic rings. The maximum absolute atomic E-state index is 12.6. The molecule has 25 heavy (non-hydrogen) atoms. The molecule has 0 fully saturated rings. The summed E-state index contributed by atoms with van der Waals surface area (Å²) in [5.74, 6) is 2.43. The van der Waals surface area contributed by atoms with Gasteiger partial charge in [-0.15, -0.1) is 0 Å². The van der Waals surface area contributed by atoms with E-state index in [0.29, 0.717) is 40.9 Å². The average molecular weight is 338 g/mol. The topological polar surface area (TPSA) is 44.8 Å². The van der Waals surface area contributed by atoms with Gasteiger partial charge in [0.05, 0.1) is 19.3 Å². The Bertz CT molecular complexity index is 805. The van der Waals surface area contributed by atoms with E-state index in [-0.39, 0.29) is 12.4 Å². The third kappa shape index (κ3) is 3.85. The Balaban J connectivity index is 1.85. The molecule has 2 aromatic rings. The van der Waals surface area contributed by atoms with E-state index in [2.05, 4.69) is 13.8 Å². The number of hydrogen-bond donors (Lipinski definition) is 0. The van der Waals surface area contributed by atoms with Crippen molar-refractivity contribution in [1.82, 2.24) is 0 Å². The molecule has 0 unspecified atom stereocenters. The Morgan fingerprint density at radius 2 is 1.96 bits per heavy atom. The number of ketones is 1. The highest BCUT2D eigenvalue weighted by Crippen LogP contribution is 2.31. The maximum Gasteiger partial charge on any atom is 0.196 e. The van der Waals surface area contributed by atoms with Crippen LogP contribution in [0.4, 0.5) is 0 Å². The number of carbonyl (C=O) groups excluding carboxylic acids is 1. The highest BCUT2D eigenvalue weighted by Gasteiger charge is 2.22. The van der Waals surface area contributed by atoms with Gasteiger partial charge in [0, 0.05) is 5.57 Å². The number of methoxy groups -OCH3 is 1. The molecule has 2 aromatic carbocycles. The summed E-state index contributed by atoms with van der Waals surface area (Å²) in [6.45, 7) is 5.08. The van der Waals surface area contributed by atoms with Crippen LogP contribution >= 0.6 is 0 Å². The van der Waals surface area contributed by atoms with E-state index < -0.39 is 0 Å². The van der Waals surface area contributed by atoms with Crippen LogP contribution in [0.15, 0.2) is 48.0 Å². The van der Waals surface area contributed by atoms with Crippen LogP contribution in [0.3, 0.4) is 0 Å². The second-order valence-electron chi connectivity index (χ2n) is 6.40. The van der Waals surface area contributed by atoms with Gasteiger partial charge in [-0.1, -0.05) is 32.0 Å². The van der Waals surface area contributed by atoms with Gasteiger partial charge < -0.3 is 14.2 Å². The van der Waals surface area contributed by atoms with E-state index in [4.69, 9.17) is 14.2 Å². The van der Waals surface area contributed by atoms with Crippen LogP contribution in [0.25, 0.3) is 6.08 Å². The molecular weight excluding hydrogens is 316 g/mol. The second kappa shape index (κ2) is 7.43. The average Bonchev–Trinajstić information content (AvgIpc) is 2.63. The van der Waals surface area contributed by atoms with Crippen LogP contribution in [0.1, 0.15) is 29.8 Å². The Labute approximate surface area is 148 Å². The van der Waals surface area contributed by atoms with E-state index in [1.165, 1.54) is 0 Å². The van der Waals surface area contributed by atoms with Gasteiger partial charge in [0.1, 0.15) is 12.4 Å². The SMILES string of the molecule is COc1cc(/C=C2/COc3ccccc3C2=O)ccc1OCC(C)C. The minimum Gasteiger partial charge on any atom is -0.493 e. The van der Waals surface area contributed by atoms with Crippen LogP contribution < -0.4 is 14.2 Å². The molecule has 0 radical (unpaired) electrons. The molecule has 0 atom stereocenters. The number of ether oxygens (including phenoxy) is 3. The lowest BCUT2D eigenvalue weighted by molar-refractivity contribution is 0.100. The van der Waals surface area contributed by atoms with E-state index in [0.717, 1.165) is 5.56 Å². The van der Waals surface area contributed by atoms with Gasteiger partial charge in [0.2, 0.25) is 0 Å². The molecule has 0 saturated heterocycles. The van der Waals surface area contributed by atoms with E-state index in [9.17, 15) is 4.79 Å². The van der Waals surface area contributed by atoms with Gasteiger partial charge >= 0.3 is 0 Å². The summed E-state index contributed by atoms with van der Waals surface area (Å²) < 4.78 is 16.9. The summed E-state index contributed by atoms with van der Waals surface area (Å²) in [4.78, 5) is 12.6. The molecule has 0 N–H and O–H groups in total. The van der Waals surface area contributed by atoms with Crippen molar-refractivity contribution < 1.29 is 19.0 Å². The molecule has 4 heteroatoms. The molecule has 3 rings (SSSR count). The first-order valence-corrected chi connectivity index (χ1v) is 8.36. The van der Waals surface area contributed by atoms with E-state index >= 15 is 0 Å². The van der Waals surface area contributed by atoms with Crippen LogP contribution in [-0.2, 0) is 0 Å². The predicted molar refractivity (Wildman–Crippen MR) is 97.6 cm³/mol. The third-order valence-corrected chi connectivity index (χ3v) is 3.91. The summed E-state index contributed by atoms with van der Waals surface area (Å²) in [5, 5.41) is 0. The number of Topliss-reactive ketones (excluding diaryl/α,β-unsaturated/α-hetero) is 1. The van der Waals surface area contributed by atoms with Crippen LogP contribution in [0, 0.1) is 5.92 Å². The Hall–Kier alpha value is -2.75. The van der Waals surface area contributed by atoms with Crippen molar-refractivity contribution in [3.8, 4) is 17.2 Å². The summed E-state index contributed by atoms with van der Waals surface area (Å²) in [5.41, 5.74) is 2.10. The van der Waals surface area contributed by atoms with Crippen molar-refractivity contribution in [2.24, 2.45) is 5.92 Å². The van der Waals surface area contributed by atoms with Crippen molar-refractivity contribution >= 4 is 11.9 Å². The number of hydrogen-bond acceptors (Lipinski definition) is 4. The number of fused-ring (bicyclic) bond motifs is 1. The largest absolute Gasteiger partial charge is 0.493 e.